The molecule has 0 radical (unpaired) electrons. The predicted octanol–water partition coefficient (Wildman–Crippen LogP) is 1.37. The van der Waals surface area contributed by atoms with Crippen LogP contribution in [0.5, 0.6) is 0 Å². The third-order valence-electron chi connectivity index (χ3n) is 3.60. The lowest BCUT2D eigenvalue weighted by Gasteiger charge is -2.37. The topological polar surface area (TPSA) is 66.8 Å². The Bertz CT molecular complexity index is 541. The largest absolute Gasteiger partial charge is 0.392 e. The van der Waals surface area contributed by atoms with E-state index in [4.69, 9.17) is 9.84 Å². The third kappa shape index (κ3) is 3.03. The molecule has 0 spiro atoms. The first-order valence-corrected chi connectivity index (χ1v) is 8.26. The lowest BCUT2D eigenvalue weighted by Crippen LogP contribution is -2.51. The summed E-state index contributed by atoms with van der Waals surface area (Å²) in [6.07, 6.45) is 0.630. The van der Waals surface area contributed by atoms with Gasteiger partial charge < -0.3 is 9.84 Å². The smallest absolute Gasteiger partial charge is 0.243 e. The lowest BCUT2D eigenvalue weighted by atomic mass is 10.2. The summed E-state index contributed by atoms with van der Waals surface area (Å²) in [4.78, 5) is 0.266. The number of aliphatic hydroxyl groups excluding tert-OH is 1. The Hall–Kier alpha value is -0.950. The first-order valence-electron chi connectivity index (χ1n) is 6.82. The van der Waals surface area contributed by atoms with E-state index in [1.807, 2.05) is 13.8 Å². The molecule has 1 N–H and O–H groups in total. The number of ether oxygens (including phenoxy) is 1. The molecule has 1 saturated heterocycles. The molecule has 20 heavy (non-hydrogen) atoms. The highest BCUT2D eigenvalue weighted by Crippen LogP contribution is 2.24. The zero-order valence-corrected chi connectivity index (χ0v) is 12.6. The number of hydrogen-bond acceptors (Lipinski definition) is 4. The summed E-state index contributed by atoms with van der Waals surface area (Å²) in [6.45, 7) is 4.56. The van der Waals surface area contributed by atoms with Crippen molar-refractivity contribution >= 4 is 10.0 Å². The van der Waals surface area contributed by atoms with Gasteiger partial charge in [0, 0.05) is 12.6 Å². The molecule has 1 aromatic rings. The summed E-state index contributed by atoms with van der Waals surface area (Å²) in [7, 11) is -3.51. The van der Waals surface area contributed by atoms with Crippen LogP contribution in [-0.4, -0.2) is 43.1 Å². The van der Waals surface area contributed by atoms with Crippen molar-refractivity contribution in [1.82, 2.24) is 4.31 Å². The van der Waals surface area contributed by atoms with Gasteiger partial charge in [-0.1, -0.05) is 19.1 Å². The molecule has 0 bridgehead atoms. The zero-order valence-electron chi connectivity index (χ0n) is 11.8. The van der Waals surface area contributed by atoms with E-state index in [9.17, 15) is 8.42 Å². The second-order valence-electron chi connectivity index (χ2n) is 5.08. The summed E-state index contributed by atoms with van der Waals surface area (Å²) >= 11 is 0. The summed E-state index contributed by atoms with van der Waals surface area (Å²) in [5.74, 6) is 0. The number of morpholine rings is 1. The molecule has 1 aliphatic rings. The molecule has 0 aromatic heterocycles. The van der Waals surface area contributed by atoms with E-state index in [1.165, 1.54) is 4.31 Å². The minimum atomic E-state index is -3.51. The summed E-state index contributed by atoms with van der Waals surface area (Å²) in [5.41, 5.74) is 0.700. The van der Waals surface area contributed by atoms with Crippen LogP contribution in [-0.2, 0) is 21.4 Å². The van der Waals surface area contributed by atoms with Gasteiger partial charge in [-0.25, -0.2) is 8.42 Å². The number of aliphatic hydroxyl groups is 1. The van der Waals surface area contributed by atoms with Crippen LogP contribution in [0.4, 0.5) is 0 Å². The van der Waals surface area contributed by atoms with Gasteiger partial charge >= 0.3 is 0 Å². The van der Waals surface area contributed by atoms with E-state index >= 15 is 0 Å². The van der Waals surface area contributed by atoms with Crippen LogP contribution in [0, 0.1) is 0 Å². The highest BCUT2D eigenvalue weighted by molar-refractivity contribution is 7.89. The molecule has 1 heterocycles. The van der Waals surface area contributed by atoms with Gasteiger partial charge in [-0.05, 0) is 31.0 Å². The van der Waals surface area contributed by atoms with Gasteiger partial charge in [0.1, 0.15) is 0 Å². The quantitative estimate of drug-likeness (QED) is 0.912. The minimum Gasteiger partial charge on any atom is -0.392 e. The number of sulfonamides is 1. The van der Waals surface area contributed by atoms with Crippen LogP contribution in [0.25, 0.3) is 0 Å². The van der Waals surface area contributed by atoms with Crippen molar-refractivity contribution in [3.63, 3.8) is 0 Å². The molecule has 5 nitrogen and oxygen atoms in total. The van der Waals surface area contributed by atoms with Crippen molar-refractivity contribution in [2.75, 3.05) is 13.2 Å². The van der Waals surface area contributed by atoms with Gasteiger partial charge in [0.15, 0.2) is 0 Å². The SMILES string of the molecule is CCC1COC(C)CN1S(=O)(=O)c1ccc(CO)cc1. The van der Waals surface area contributed by atoms with Crippen molar-refractivity contribution in [2.45, 2.75) is 43.9 Å². The van der Waals surface area contributed by atoms with E-state index in [1.54, 1.807) is 24.3 Å². The van der Waals surface area contributed by atoms with Gasteiger partial charge in [-0.3, -0.25) is 0 Å². The van der Waals surface area contributed by atoms with Crippen LogP contribution in [0.15, 0.2) is 29.2 Å². The second kappa shape index (κ2) is 6.22. The van der Waals surface area contributed by atoms with Crippen molar-refractivity contribution < 1.29 is 18.3 Å². The average Bonchev–Trinajstić information content (AvgIpc) is 2.47. The molecule has 0 amide bonds. The molecule has 1 aromatic carbocycles. The van der Waals surface area contributed by atoms with Crippen molar-refractivity contribution in [3.05, 3.63) is 29.8 Å². The fraction of sp³-hybridized carbons (Fsp3) is 0.571. The van der Waals surface area contributed by atoms with Crippen molar-refractivity contribution in [1.29, 1.82) is 0 Å². The number of rotatable bonds is 4. The fourth-order valence-corrected chi connectivity index (χ4v) is 4.09. The molecule has 0 saturated carbocycles. The molecule has 0 aliphatic carbocycles. The number of benzene rings is 1. The van der Waals surface area contributed by atoms with Crippen molar-refractivity contribution in [2.24, 2.45) is 0 Å². The molecule has 1 fully saturated rings. The van der Waals surface area contributed by atoms with Crippen LogP contribution in [0.1, 0.15) is 25.8 Å². The van der Waals surface area contributed by atoms with E-state index < -0.39 is 10.0 Å². The van der Waals surface area contributed by atoms with Crippen LogP contribution in [0.2, 0.25) is 0 Å². The van der Waals surface area contributed by atoms with E-state index in [2.05, 4.69) is 0 Å². The van der Waals surface area contributed by atoms with Gasteiger partial charge in [-0.15, -0.1) is 0 Å². The standard InChI is InChI=1S/C14H21NO4S/c1-3-13-10-19-11(2)8-15(13)20(17,18)14-6-4-12(9-16)5-7-14/h4-7,11,13,16H,3,8-10H2,1-2H3. The summed E-state index contributed by atoms with van der Waals surface area (Å²) in [6, 6.07) is 6.25. The molecule has 1 aliphatic heterocycles. The maximum Gasteiger partial charge on any atom is 0.243 e. The average molecular weight is 299 g/mol. The third-order valence-corrected chi connectivity index (χ3v) is 5.53. The molecule has 2 atom stereocenters. The highest BCUT2D eigenvalue weighted by Gasteiger charge is 2.35. The molecule has 6 heteroatoms. The van der Waals surface area contributed by atoms with Crippen LogP contribution in [0.3, 0.4) is 0 Å². The van der Waals surface area contributed by atoms with Crippen LogP contribution < -0.4 is 0 Å². The molecular weight excluding hydrogens is 278 g/mol. The molecule has 2 unspecified atom stereocenters. The van der Waals surface area contributed by atoms with E-state index in [0.717, 1.165) is 6.42 Å². The zero-order chi connectivity index (χ0) is 14.8. The Morgan fingerprint density at radius 1 is 1.35 bits per heavy atom. The Morgan fingerprint density at radius 2 is 2.00 bits per heavy atom. The molecular formula is C14H21NO4S. The van der Waals surface area contributed by atoms with E-state index in [0.29, 0.717) is 18.7 Å². The minimum absolute atomic E-state index is 0.0908. The Morgan fingerprint density at radius 3 is 2.55 bits per heavy atom. The van der Waals surface area contributed by atoms with Gasteiger partial charge in [-0.2, -0.15) is 4.31 Å². The maximum absolute atomic E-state index is 12.7. The van der Waals surface area contributed by atoms with Gasteiger partial charge in [0.2, 0.25) is 10.0 Å². The Labute approximate surface area is 120 Å². The normalized spacial score (nSPS) is 24.8. The summed E-state index contributed by atoms with van der Waals surface area (Å²) < 4.78 is 32.5. The fourth-order valence-electron chi connectivity index (χ4n) is 2.33. The van der Waals surface area contributed by atoms with Gasteiger partial charge in [0.05, 0.1) is 24.2 Å². The lowest BCUT2D eigenvalue weighted by molar-refractivity contribution is -0.0230. The maximum atomic E-state index is 12.7. The summed E-state index contributed by atoms with van der Waals surface area (Å²) in [5, 5.41) is 9.02. The van der Waals surface area contributed by atoms with E-state index in [-0.39, 0.29) is 23.6 Å². The van der Waals surface area contributed by atoms with Crippen LogP contribution >= 0.6 is 0 Å². The first-order chi connectivity index (χ1) is 9.48. The molecule has 112 valence electrons. The Balaban J connectivity index is 2.31. The Kier molecular flexibility index (Phi) is 4.80. The number of nitrogens with zero attached hydrogens (tertiary/aromatic N) is 1. The predicted molar refractivity (Wildman–Crippen MR) is 75.7 cm³/mol. The monoisotopic (exact) mass is 299 g/mol. The first kappa shape index (κ1) is 15.4. The highest BCUT2D eigenvalue weighted by atomic mass is 32.2. The number of hydrogen-bond donors (Lipinski definition) is 1. The van der Waals surface area contributed by atoms with Crippen molar-refractivity contribution in [3.8, 4) is 0 Å². The molecule has 2 rings (SSSR count). The second-order valence-corrected chi connectivity index (χ2v) is 6.97. The van der Waals surface area contributed by atoms with Gasteiger partial charge in [0.25, 0.3) is 0 Å².